The first-order valence-corrected chi connectivity index (χ1v) is 5.50. The Morgan fingerprint density at radius 3 is 2.60 bits per heavy atom. The summed E-state index contributed by atoms with van der Waals surface area (Å²) in [6.45, 7) is 0.677. The maximum absolute atomic E-state index is 9.57. The SMILES string of the molecule is Oc1ccc(CNC2CCCC2)c(O)c1. The summed E-state index contributed by atoms with van der Waals surface area (Å²) in [4.78, 5) is 0. The molecule has 0 heterocycles. The molecule has 0 aliphatic heterocycles. The Kier molecular flexibility index (Phi) is 3.11. The van der Waals surface area contributed by atoms with Crippen LogP contribution in [0.5, 0.6) is 11.5 Å². The predicted molar refractivity (Wildman–Crippen MR) is 58.9 cm³/mol. The van der Waals surface area contributed by atoms with E-state index < -0.39 is 0 Å². The summed E-state index contributed by atoms with van der Waals surface area (Å²) in [5.41, 5.74) is 0.847. The van der Waals surface area contributed by atoms with Gasteiger partial charge in [-0.15, -0.1) is 0 Å². The van der Waals surface area contributed by atoms with E-state index in [0.717, 1.165) is 5.56 Å². The smallest absolute Gasteiger partial charge is 0.123 e. The maximum Gasteiger partial charge on any atom is 0.123 e. The monoisotopic (exact) mass is 207 g/mol. The number of nitrogens with one attached hydrogen (secondary N) is 1. The fraction of sp³-hybridized carbons (Fsp3) is 0.500. The van der Waals surface area contributed by atoms with Gasteiger partial charge in [0.15, 0.2) is 0 Å². The van der Waals surface area contributed by atoms with Gasteiger partial charge < -0.3 is 15.5 Å². The number of phenolic OH excluding ortho intramolecular Hbond substituents is 2. The van der Waals surface area contributed by atoms with E-state index in [1.807, 2.05) is 0 Å². The van der Waals surface area contributed by atoms with Crippen LogP contribution < -0.4 is 5.32 Å². The van der Waals surface area contributed by atoms with Crippen molar-refractivity contribution in [2.24, 2.45) is 0 Å². The van der Waals surface area contributed by atoms with Crippen LogP contribution in [0.25, 0.3) is 0 Å². The molecule has 1 aromatic carbocycles. The van der Waals surface area contributed by atoms with Gasteiger partial charge in [0, 0.05) is 24.2 Å². The topological polar surface area (TPSA) is 52.5 Å². The number of benzene rings is 1. The third kappa shape index (κ3) is 2.63. The molecule has 0 spiro atoms. The number of rotatable bonds is 3. The first-order valence-electron chi connectivity index (χ1n) is 5.50. The Hall–Kier alpha value is -1.22. The molecule has 3 heteroatoms. The fourth-order valence-corrected chi connectivity index (χ4v) is 2.09. The van der Waals surface area contributed by atoms with Gasteiger partial charge in [-0.25, -0.2) is 0 Å². The highest BCUT2D eigenvalue weighted by molar-refractivity contribution is 5.38. The van der Waals surface area contributed by atoms with Crippen LogP contribution in [0.4, 0.5) is 0 Å². The largest absolute Gasteiger partial charge is 0.508 e. The van der Waals surface area contributed by atoms with Crippen molar-refractivity contribution in [2.45, 2.75) is 38.3 Å². The average molecular weight is 207 g/mol. The van der Waals surface area contributed by atoms with Crippen molar-refractivity contribution < 1.29 is 10.2 Å². The van der Waals surface area contributed by atoms with Gasteiger partial charge in [-0.1, -0.05) is 18.9 Å². The fourth-order valence-electron chi connectivity index (χ4n) is 2.09. The zero-order valence-corrected chi connectivity index (χ0v) is 8.74. The zero-order chi connectivity index (χ0) is 10.7. The van der Waals surface area contributed by atoms with Crippen molar-refractivity contribution in [1.29, 1.82) is 0 Å². The molecule has 3 N–H and O–H groups in total. The summed E-state index contributed by atoms with van der Waals surface area (Å²) in [6.07, 6.45) is 5.08. The minimum Gasteiger partial charge on any atom is -0.508 e. The zero-order valence-electron chi connectivity index (χ0n) is 8.74. The summed E-state index contributed by atoms with van der Waals surface area (Å²) in [7, 11) is 0. The molecular weight excluding hydrogens is 190 g/mol. The predicted octanol–water partition coefficient (Wildman–Crippen LogP) is 2.13. The lowest BCUT2D eigenvalue weighted by Gasteiger charge is -2.12. The molecule has 0 amide bonds. The third-order valence-electron chi connectivity index (χ3n) is 3.01. The second kappa shape index (κ2) is 4.53. The summed E-state index contributed by atoms with van der Waals surface area (Å²) in [5, 5.41) is 22.1. The van der Waals surface area contributed by atoms with E-state index in [0.29, 0.717) is 12.6 Å². The molecule has 3 nitrogen and oxygen atoms in total. The Labute approximate surface area is 89.8 Å². The van der Waals surface area contributed by atoms with Gasteiger partial charge in [-0.3, -0.25) is 0 Å². The van der Waals surface area contributed by atoms with Crippen LogP contribution in [0, 0.1) is 0 Å². The molecule has 1 aromatic rings. The molecule has 1 fully saturated rings. The number of hydrogen-bond donors (Lipinski definition) is 3. The Morgan fingerprint density at radius 2 is 1.93 bits per heavy atom. The molecule has 0 aromatic heterocycles. The molecule has 15 heavy (non-hydrogen) atoms. The Morgan fingerprint density at radius 1 is 1.20 bits per heavy atom. The average Bonchev–Trinajstić information content (AvgIpc) is 2.69. The maximum atomic E-state index is 9.57. The Bertz CT molecular complexity index is 332. The molecule has 1 aliphatic rings. The van der Waals surface area contributed by atoms with Crippen LogP contribution in [0.3, 0.4) is 0 Å². The van der Waals surface area contributed by atoms with Crippen molar-refractivity contribution in [3.05, 3.63) is 23.8 Å². The minimum atomic E-state index is 0.108. The van der Waals surface area contributed by atoms with Crippen LogP contribution in [-0.4, -0.2) is 16.3 Å². The van der Waals surface area contributed by atoms with Gasteiger partial charge in [-0.2, -0.15) is 0 Å². The van der Waals surface area contributed by atoms with E-state index in [4.69, 9.17) is 5.11 Å². The highest BCUT2D eigenvalue weighted by Crippen LogP contribution is 2.23. The molecule has 0 saturated heterocycles. The Balaban J connectivity index is 1.92. The third-order valence-corrected chi connectivity index (χ3v) is 3.01. The first-order chi connectivity index (χ1) is 7.25. The normalized spacial score (nSPS) is 17.1. The van der Waals surface area contributed by atoms with Gasteiger partial charge >= 0.3 is 0 Å². The lowest BCUT2D eigenvalue weighted by atomic mass is 10.1. The van der Waals surface area contributed by atoms with E-state index >= 15 is 0 Å². The van der Waals surface area contributed by atoms with Crippen molar-refractivity contribution >= 4 is 0 Å². The number of phenols is 2. The van der Waals surface area contributed by atoms with Gasteiger partial charge in [-0.05, 0) is 18.9 Å². The van der Waals surface area contributed by atoms with Crippen molar-refractivity contribution in [3.63, 3.8) is 0 Å². The molecular formula is C12H17NO2. The summed E-state index contributed by atoms with van der Waals surface area (Å²) in [5.74, 6) is 0.276. The van der Waals surface area contributed by atoms with Crippen LogP contribution in [0.15, 0.2) is 18.2 Å². The molecule has 0 atom stereocenters. The van der Waals surface area contributed by atoms with E-state index in [-0.39, 0.29) is 11.5 Å². The van der Waals surface area contributed by atoms with E-state index in [9.17, 15) is 5.11 Å². The second-order valence-corrected chi connectivity index (χ2v) is 4.18. The van der Waals surface area contributed by atoms with Crippen LogP contribution in [-0.2, 0) is 6.54 Å². The molecule has 0 bridgehead atoms. The number of aromatic hydroxyl groups is 2. The van der Waals surface area contributed by atoms with Crippen LogP contribution in [0.2, 0.25) is 0 Å². The summed E-state index contributed by atoms with van der Waals surface area (Å²) < 4.78 is 0. The van der Waals surface area contributed by atoms with Gasteiger partial charge in [0.2, 0.25) is 0 Å². The summed E-state index contributed by atoms with van der Waals surface area (Å²) >= 11 is 0. The highest BCUT2D eigenvalue weighted by Gasteiger charge is 2.14. The van der Waals surface area contributed by atoms with Crippen LogP contribution >= 0.6 is 0 Å². The molecule has 2 rings (SSSR count). The molecule has 0 radical (unpaired) electrons. The van der Waals surface area contributed by atoms with E-state index in [1.165, 1.54) is 31.7 Å². The molecule has 0 unspecified atom stereocenters. The van der Waals surface area contributed by atoms with E-state index in [2.05, 4.69) is 5.32 Å². The van der Waals surface area contributed by atoms with Gasteiger partial charge in [0.1, 0.15) is 11.5 Å². The minimum absolute atomic E-state index is 0.108. The summed E-state index contributed by atoms with van der Waals surface area (Å²) in [6, 6.07) is 5.34. The van der Waals surface area contributed by atoms with Crippen molar-refractivity contribution in [1.82, 2.24) is 5.32 Å². The second-order valence-electron chi connectivity index (χ2n) is 4.18. The van der Waals surface area contributed by atoms with Crippen molar-refractivity contribution in [3.8, 4) is 11.5 Å². The van der Waals surface area contributed by atoms with E-state index in [1.54, 1.807) is 12.1 Å². The van der Waals surface area contributed by atoms with Gasteiger partial charge in [0.05, 0.1) is 0 Å². The first kappa shape index (κ1) is 10.3. The van der Waals surface area contributed by atoms with Gasteiger partial charge in [0.25, 0.3) is 0 Å². The standard InChI is InChI=1S/C12H17NO2/c14-11-6-5-9(12(15)7-11)8-13-10-3-1-2-4-10/h5-7,10,13-15H,1-4,8H2. The quantitative estimate of drug-likeness (QED) is 0.711. The molecule has 82 valence electrons. The van der Waals surface area contributed by atoms with Crippen molar-refractivity contribution in [2.75, 3.05) is 0 Å². The lowest BCUT2D eigenvalue weighted by molar-refractivity contribution is 0.439. The highest BCUT2D eigenvalue weighted by atomic mass is 16.3. The lowest BCUT2D eigenvalue weighted by Crippen LogP contribution is -2.25. The molecule has 1 aliphatic carbocycles. The molecule has 1 saturated carbocycles. The van der Waals surface area contributed by atoms with Crippen LogP contribution in [0.1, 0.15) is 31.2 Å². The number of hydrogen-bond acceptors (Lipinski definition) is 3.